The lowest BCUT2D eigenvalue weighted by atomic mass is 9.95. The molecule has 1 atom stereocenters. The summed E-state index contributed by atoms with van der Waals surface area (Å²) in [6, 6.07) is -1.04. The van der Waals surface area contributed by atoms with Gasteiger partial charge in [0.1, 0.15) is 23.2 Å². The smallest absolute Gasteiger partial charge is 0.408 e. The zero-order chi connectivity index (χ0) is 17.4. The highest BCUT2D eigenvalue weighted by atomic mass is 19.4. The van der Waals surface area contributed by atoms with Crippen LogP contribution >= 0.6 is 0 Å². The largest absolute Gasteiger partial charge is 0.465 e. The molecule has 128 valence electrons. The van der Waals surface area contributed by atoms with E-state index < -0.39 is 35.4 Å². The van der Waals surface area contributed by atoms with Gasteiger partial charge >= 0.3 is 12.1 Å². The lowest BCUT2D eigenvalue weighted by Crippen LogP contribution is -2.48. The van der Waals surface area contributed by atoms with Gasteiger partial charge in [0.05, 0.1) is 7.11 Å². The van der Waals surface area contributed by atoms with E-state index in [-0.39, 0.29) is 37.1 Å². The number of halogens is 5. The normalized spacial score (nSPS) is 16.0. The molecule has 0 fully saturated rings. The summed E-state index contributed by atoms with van der Waals surface area (Å²) in [6.45, 7) is 1.41. The molecule has 0 aliphatic carbocycles. The molecule has 0 bridgehead atoms. The van der Waals surface area contributed by atoms with Crippen molar-refractivity contribution in [2.75, 3.05) is 18.6 Å². The Kier molecular flexibility index (Phi) is 4.81. The van der Waals surface area contributed by atoms with Gasteiger partial charge in [0.2, 0.25) is 0 Å². The van der Waals surface area contributed by atoms with Crippen molar-refractivity contribution in [1.82, 2.24) is 0 Å². The Hall–Kier alpha value is -1.86. The zero-order valence-corrected chi connectivity index (χ0v) is 12.6. The van der Waals surface area contributed by atoms with Gasteiger partial charge in [-0.3, -0.25) is 0 Å². The number of anilines is 1. The van der Waals surface area contributed by atoms with Crippen molar-refractivity contribution < 1.29 is 31.5 Å². The number of fused-ring (bicyclic) bond motifs is 1. The minimum Gasteiger partial charge on any atom is -0.465 e. The molecular formula is C15H16F5NO2. The lowest BCUT2D eigenvalue weighted by molar-refractivity contribution is -0.149. The molecule has 0 amide bonds. The van der Waals surface area contributed by atoms with Gasteiger partial charge in [-0.1, -0.05) is 6.92 Å². The molecule has 1 aromatic carbocycles. The van der Waals surface area contributed by atoms with Gasteiger partial charge in [-0.05, 0) is 25.3 Å². The van der Waals surface area contributed by atoms with Crippen molar-refractivity contribution in [3.8, 4) is 0 Å². The third-order valence-electron chi connectivity index (χ3n) is 3.96. The Morgan fingerprint density at radius 1 is 1.39 bits per heavy atom. The monoisotopic (exact) mass is 337 g/mol. The van der Waals surface area contributed by atoms with E-state index in [4.69, 9.17) is 0 Å². The topological polar surface area (TPSA) is 29.5 Å². The summed E-state index contributed by atoms with van der Waals surface area (Å²) >= 11 is 0. The van der Waals surface area contributed by atoms with Crippen molar-refractivity contribution in [1.29, 1.82) is 0 Å². The number of rotatable bonds is 3. The predicted octanol–water partition coefficient (Wildman–Crippen LogP) is 3.84. The average molecular weight is 337 g/mol. The number of esters is 1. The van der Waals surface area contributed by atoms with E-state index in [1.807, 2.05) is 0 Å². The molecular weight excluding hydrogens is 321 g/mol. The SMILES string of the molecule is CC[C@@H](N1CCCc2c1cc(F)c(C(=O)OC)c2F)C(F)(F)F. The summed E-state index contributed by atoms with van der Waals surface area (Å²) < 4.78 is 72.3. The van der Waals surface area contributed by atoms with Crippen LogP contribution in [0.1, 0.15) is 35.7 Å². The molecule has 3 nitrogen and oxygen atoms in total. The van der Waals surface area contributed by atoms with Crippen LogP contribution in [0.5, 0.6) is 0 Å². The number of benzene rings is 1. The molecule has 0 aromatic heterocycles. The van der Waals surface area contributed by atoms with E-state index >= 15 is 0 Å². The summed E-state index contributed by atoms with van der Waals surface area (Å²) in [5, 5.41) is 0. The Labute approximate surface area is 130 Å². The van der Waals surface area contributed by atoms with Crippen LogP contribution in [0.3, 0.4) is 0 Å². The number of ether oxygens (including phenoxy) is 1. The van der Waals surface area contributed by atoms with E-state index in [2.05, 4.69) is 4.74 Å². The number of methoxy groups -OCH3 is 1. The number of hydrogen-bond donors (Lipinski definition) is 0. The van der Waals surface area contributed by atoms with Crippen LogP contribution in [0.15, 0.2) is 6.07 Å². The quantitative estimate of drug-likeness (QED) is 0.620. The Morgan fingerprint density at radius 3 is 2.57 bits per heavy atom. The fourth-order valence-corrected chi connectivity index (χ4v) is 2.93. The average Bonchev–Trinajstić information content (AvgIpc) is 2.47. The molecule has 1 aliphatic rings. The van der Waals surface area contributed by atoms with E-state index in [9.17, 15) is 26.7 Å². The molecule has 23 heavy (non-hydrogen) atoms. The summed E-state index contributed by atoms with van der Waals surface area (Å²) in [5.41, 5.74) is -1.10. The maximum absolute atomic E-state index is 14.4. The third kappa shape index (κ3) is 3.11. The van der Waals surface area contributed by atoms with Gasteiger partial charge < -0.3 is 9.64 Å². The molecule has 1 aliphatic heterocycles. The highest BCUT2D eigenvalue weighted by Crippen LogP contribution is 2.38. The standard InChI is InChI=1S/C15H16F5NO2/c1-3-11(15(18,19)20)21-6-4-5-8-10(21)7-9(16)12(13(8)17)14(22)23-2/h7,11H,3-6H2,1-2H3/t11-/m1/s1. The van der Waals surface area contributed by atoms with Crippen LogP contribution in [0.25, 0.3) is 0 Å². The van der Waals surface area contributed by atoms with Crippen LogP contribution in [0.2, 0.25) is 0 Å². The Bertz CT molecular complexity index is 615. The van der Waals surface area contributed by atoms with Gasteiger partial charge in [-0.15, -0.1) is 0 Å². The van der Waals surface area contributed by atoms with Crippen molar-refractivity contribution in [3.63, 3.8) is 0 Å². The fourth-order valence-electron chi connectivity index (χ4n) is 2.93. The van der Waals surface area contributed by atoms with Gasteiger partial charge in [0.15, 0.2) is 0 Å². The maximum atomic E-state index is 14.4. The van der Waals surface area contributed by atoms with Gasteiger partial charge in [-0.2, -0.15) is 13.2 Å². The van der Waals surface area contributed by atoms with Crippen LogP contribution in [-0.4, -0.2) is 31.8 Å². The molecule has 8 heteroatoms. The minimum atomic E-state index is -4.52. The van der Waals surface area contributed by atoms with Crippen molar-refractivity contribution in [2.24, 2.45) is 0 Å². The van der Waals surface area contributed by atoms with Gasteiger partial charge in [0, 0.05) is 17.8 Å². The van der Waals surface area contributed by atoms with E-state index in [1.165, 1.54) is 6.92 Å². The molecule has 2 rings (SSSR count). The van der Waals surface area contributed by atoms with Gasteiger partial charge in [0.25, 0.3) is 0 Å². The van der Waals surface area contributed by atoms with Crippen molar-refractivity contribution in [3.05, 3.63) is 28.8 Å². The van der Waals surface area contributed by atoms with E-state index in [0.717, 1.165) is 18.1 Å². The summed E-state index contributed by atoms with van der Waals surface area (Å²) in [4.78, 5) is 12.4. The first-order valence-corrected chi connectivity index (χ1v) is 7.14. The highest BCUT2D eigenvalue weighted by Gasteiger charge is 2.44. The van der Waals surface area contributed by atoms with Crippen LogP contribution < -0.4 is 4.90 Å². The number of carbonyl (C=O) groups is 1. The summed E-state index contributed by atoms with van der Waals surface area (Å²) in [7, 11) is 0.976. The predicted molar refractivity (Wildman–Crippen MR) is 73.5 cm³/mol. The number of nitrogens with zero attached hydrogens (tertiary/aromatic N) is 1. The molecule has 1 heterocycles. The lowest BCUT2D eigenvalue weighted by Gasteiger charge is -2.38. The third-order valence-corrected chi connectivity index (χ3v) is 3.96. The molecule has 0 saturated carbocycles. The molecule has 0 radical (unpaired) electrons. The second kappa shape index (κ2) is 6.33. The highest BCUT2D eigenvalue weighted by molar-refractivity contribution is 5.91. The number of alkyl halides is 3. The summed E-state index contributed by atoms with van der Waals surface area (Å²) in [5.74, 6) is -3.56. The first-order valence-electron chi connectivity index (χ1n) is 7.14. The van der Waals surface area contributed by atoms with Crippen molar-refractivity contribution >= 4 is 11.7 Å². The Morgan fingerprint density at radius 2 is 2.04 bits per heavy atom. The van der Waals surface area contributed by atoms with E-state index in [0.29, 0.717) is 0 Å². The van der Waals surface area contributed by atoms with Gasteiger partial charge in [-0.25, -0.2) is 13.6 Å². The number of carbonyl (C=O) groups excluding carboxylic acids is 1. The number of hydrogen-bond acceptors (Lipinski definition) is 3. The van der Waals surface area contributed by atoms with Crippen LogP contribution in [-0.2, 0) is 11.2 Å². The summed E-state index contributed by atoms with van der Waals surface area (Å²) in [6.07, 6.45) is -4.35. The van der Waals surface area contributed by atoms with Crippen LogP contribution in [0.4, 0.5) is 27.6 Å². The molecule has 0 saturated heterocycles. The second-order valence-corrected chi connectivity index (χ2v) is 5.30. The second-order valence-electron chi connectivity index (χ2n) is 5.30. The molecule has 1 aromatic rings. The molecule has 0 unspecified atom stereocenters. The van der Waals surface area contributed by atoms with Crippen LogP contribution in [0, 0.1) is 11.6 Å². The zero-order valence-electron chi connectivity index (χ0n) is 12.6. The first-order chi connectivity index (χ1) is 10.7. The Balaban J connectivity index is 2.58. The molecule has 0 N–H and O–H groups in total. The minimum absolute atomic E-state index is 0.0431. The molecule has 0 spiro atoms. The van der Waals surface area contributed by atoms with Crippen molar-refractivity contribution in [2.45, 2.75) is 38.4 Å². The fraction of sp³-hybridized carbons (Fsp3) is 0.533. The maximum Gasteiger partial charge on any atom is 0.408 e. The first kappa shape index (κ1) is 17.5. The van der Waals surface area contributed by atoms with E-state index in [1.54, 1.807) is 0 Å².